The SMILES string of the molecule is O=S(=O)(NC1CCN(c2cccnn2)CC1CO[C@H]1CC[C@@H](c2cccc(F)c2)CC1)N1CCC1. The first-order valence-corrected chi connectivity index (χ1v) is 14.1. The third-order valence-electron chi connectivity index (χ3n) is 7.61. The first-order chi connectivity index (χ1) is 17.0. The van der Waals surface area contributed by atoms with Crippen LogP contribution in [0.2, 0.25) is 0 Å². The summed E-state index contributed by atoms with van der Waals surface area (Å²) in [4.78, 5) is 2.16. The van der Waals surface area contributed by atoms with E-state index in [1.54, 1.807) is 18.3 Å². The van der Waals surface area contributed by atoms with Crippen LogP contribution in [-0.2, 0) is 14.9 Å². The number of aromatic nitrogens is 2. The molecule has 3 heterocycles. The molecule has 2 aromatic rings. The number of piperidine rings is 1. The van der Waals surface area contributed by atoms with Crippen molar-refractivity contribution in [3.63, 3.8) is 0 Å². The van der Waals surface area contributed by atoms with Crippen LogP contribution in [0.4, 0.5) is 10.2 Å². The van der Waals surface area contributed by atoms with Gasteiger partial charge in [0.1, 0.15) is 5.82 Å². The van der Waals surface area contributed by atoms with Crippen molar-refractivity contribution in [2.24, 2.45) is 5.92 Å². The van der Waals surface area contributed by atoms with Crippen LogP contribution in [0.3, 0.4) is 0 Å². The molecule has 1 N–H and O–H groups in total. The van der Waals surface area contributed by atoms with Crippen molar-refractivity contribution >= 4 is 16.0 Å². The zero-order valence-electron chi connectivity index (χ0n) is 19.9. The topological polar surface area (TPSA) is 87.7 Å². The first kappa shape index (κ1) is 24.5. The Labute approximate surface area is 207 Å². The zero-order valence-corrected chi connectivity index (χ0v) is 20.7. The third kappa shape index (κ3) is 5.99. The van der Waals surface area contributed by atoms with E-state index in [0.29, 0.717) is 45.1 Å². The minimum atomic E-state index is -3.47. The Morgan fingerprint density at radius 3 is 2.57 bits per heavy atom. The quantitative estimate of drug-likeness (QED) is 0.596. The fourth-order valence-electron chi connectivity index (χ4n) is 5.40. The highest BCUT2D eigenvalue weighted by Gasteiger charge is 2.37. The Balaban J connectivity index is 1.20. The van der Waals surface area contributed by atoms with E-state index in [9.17, 15) is 12.8 Å². The van der Waals surface area contributed by atoms with Gasteiger partial charge in [-0.1, -0.05) is 12.1 Å². The maximum absolute atomic E-state index is 13.6. The Bertz CT molecular complexity index is 1080. The average molecular weight is 504 g/mol. The summed E-state index contributed by atoms with van der Waals surface area (Å²) < 4.78 is 50.0. The summed E-state index contributed by atoms with van der Waals surface area (Å²) in [6.45, 7) is 3.03. The fourth-order valence-corrected chi connectivity index (χ4v) is 6.98. The molecule has 1 aromatic heterocycles. The lowest BCUT2D eigenvalue weighted by Gasteiger charge is -2.41. The Hall–Kier alpha value is -2.14. The smallest absolute Gasteiger partial charge is 0.279 e. The maximum Gasteiger partial charge on any atom is 0.279 e. The molecule has 1 aromatic carbocycles. The standard InChI is InChI=1S/C25H34FN5O3S/c26-22-5-1-4-20(16-22)19-7-9-23(10-8-19)34-18-21-17-30(25-6-2-12-27-28-25)15-11-24(21)29-35(32,33)31-13-3-14-31/h1-2,4-6,12,16,19,21,23-24,29H,3,7-11,13-15,17-18H2/t19-,21?,23+,24?. The number of rotatable bonds is 8. The van der Waals surface area contributed by atoms with Gasteiger partial charge in [0.15, 0.2) is 5.82 Å². The molecule has 8 nitrogen and oxygen atoms in total. The number of nitrogens with zero attached hydrogens (tertiary/aromatic N) is 4. The Morgan fingerprint density at radius 2 is 1.89 bits per heavy atom. The molecule has 1 saturated carbocycles. The minimum absolute atomic E-state index is 0.00255. The van der Waals surface area contributed by atoms with Crippen LogP contribution < -0.4 is 9.62 Å². The van der Waals surface area contributed by atoms with Gasteiger partial charge in [0.2, 0.25) is 0 Å². The third-order valence-corrected chi connectivity index (χ3v) is 9.26. The number of anilines is 1. The molecular weight excluding hydrogens is 469 g/mol. The molecule has 0 radical (unpaired) electrons. The average Bonchev–Trinajstić information content (AvgIpc) is 2.83. The molecule has 2 aliphatic heterocycles. The molecule has 3 aliphatic rings. The number of benzene rings is 1. The van der Waals surface area contributed by atoms with Crippen molar-refractivity contribution in [2.75, 3.05) is 37.7 Å². The van der Waals surface area contributed by atoms with Gasteiger partial charge in [-0.05, 0) is 74.3 Å². The molecule has 0 bridgehead atoms. The van der Waals surface area contributed by atoms with E-state index in [1.807, 2.05) is 18.2 Å². The molecule has 3 fully saturated rings. The van der Waals surface area contributed by atoms with E-state index in [0.717, 1.165) is 43.5 Å². The van der Waals surface area contributed by atoms with Gasteiger partial charge in [0.25, 0.3) is 10.2 Å². The zero-order chi connectivity index (χ0) is 24.3. The van der Waals surface area contributed by atoms with E-state index < -0.39 is 10.2 Å². The largest absolute Gasteiger partial charge is 0.378 e. The number of nitrogens with one attached hydrogen (secondary N) is 1. The van der Waals surface area contributed by atoms with Gasteiger partial charge in [-0.3, -0.25) is 0 Å². The molecule has 0 spiro atoms. The molecule has 5 rings (SSSR count). The normalized spacial score (nSPS) is 28.0. The molecular formula is C25H34FN5O3S. The van der Waals surface area contributed by atoms with Crippen molar-refractivity contribution in [2.45, 2.75) is 56.6 Å². The van der Waals surface area contributed by atoms with Crippen LogP contribution >= 0.6 is 0 Å². The highest BCUT2D eigenvalue weighted by Crippen LogP contribution is 2.35. The summed E-state index contributed by atoms with van der Waals surface area (Å²) in [5.41, 5.74) is 1.07. The van der Waals surface area contributed by atoms with E-state index in [-0.39, 0.29) is 23.9 Å². The van der Waals surface area contributed by atoms with Crippen LogP contribution in [0.25, 0.3) is 0 Å². The highest BCUT2D eigenvalue weighted by molar-refractivity contribution is 7.87. The fraction of sp³-hybridized carbons (Fsp3) is 0.600. The summed E-state index contributed by atoms with van der Waals surface area (Å²) in [6, 6.07) is 10.5. The van der Waals surface area contributed by atoms with Crippen LogP contribution in [0, 0.1) is 11.7 Å². The summed E-state index contributed by atoms with van der Waals surface area (Å²) >= 11 is 0. The van der Waals surface area contributed by atoms with Gasteiger partial charge in [-0.15, -0.1) is 5.10 Å². The molecule has 190 valence electrons. The number of hydrogen-bond acceptors (Lipinski definition) is 6. The maximum atomic E-state index is 13.6. The van der Waals surface area contributed by atoms with Crippen molar-refractivity contribution in [3.8, 4) is 0 Å². The molecule has 35 heavy (non-hydrogen) atoms. The molecule has 10 heteroatoms. The lowest BCUT2D eigenvalue weighted by Crippen LogP contribution is -2.57. The van der Waals surface area contributed by atoms with E-state index in [4.69, 9.17) is 4.74 Å². The van der Waals surface area contributed by atoms with E-state index in [1.165, 1.54) is 10.4 Å². The van der Waals surface area contributed by atoms with Crippen LogP contribution in [0.15, 0.2) is 42.6 Å². The second-order valence-corrected chi connectivity index (χ2v) is 11.6. The van der Waals surface area contributed by atoms with Crippen molar-refractivity contribution in [1.82, 2.24) is 19.2 Å². The second-order valence-electron chi connectivity index (χ2n) is 9.92. The van der Waals surface area contributed by atoms with Crippen LogP contribution in [0.1, 0.15) is 50.0 Å². The van der Waals surface area contributed by atoms with Crippen molar-refractivity contribution in [3.05, 3.63) is 54.0 Å². The molecule has 2 atom stereocenters. The van der Waals surface area contributed by atoms with Crippen LogP contribution in [0.5, 0.6) is 0 Å². The summed E-state index contributed by atoms with van der Waals surface area (Å²) in [6.07, 6.45) is 7.17. The predicted molar refractivity (Wildman–Crippen MR) is 132 cm³/mol. The van der Waals surface area contributed by atoms with Gasteiger partial charge in [-0.2, -0.15) is 22.5 Å². The Morgan fingerprint density at radius 1 is 1.06 bits per heavy atom. The molecule has 2 saturated heterocycles. The van der Waals surface area contributed by atoms with Gasteiger partial charge in [0, 0.05) is 44.3 Å². The lowest BCUT2D eigenvalue weighted by atomic mass is 9.82. The molecule has 1 aliphatic carbocycles. The van der Waals surface area contributed by atoms with Gasteiger partial charge in [0.05, 0.1) is 12.7 Å². The second kappa shape index (κ2) is 10.9. The molecule has 0 amide bonds. The summed E-state index contributed by atoms with van der Waals surface area (Å²) in [7, 11) is -3.47. The minimum Gasteiger partial charge on any atom is -0.378 e. The first-order valence-electron chi connectivity index (χ1n) is 12.6. The Kier molecular flexibility index (Phi) is 7.62. The molecule has 2 unspecified atom stereocenters. The summed E-state index contributed by atoms with van der Waals surface area (Å²) in [5.74, 6) is 0.987. The monoisotopic (exact) mass is 503 g/mol. The van der Waals surface area contributed by atoms with Gasteiger partial charge < -0.3 is 9.64 Å². The van der Waals surface area contributed by atoms with Crippen LogP contribution in [-0.4, -0.2) is 67.9 Å². The number of halogens is 1. The van der Waals surface area contributed by atoms with Gasteiger partial charge >= 0.3 is 0 Å². The lowest BCUT2D eigenvalue weighted by molar-refractivity contribution is -0.00230. The van der Waals surface area contributed by atoms with E-state index in [2.05, 4.69) is 19.8 Å². The van der Waals surface area contributed by atoms with Crippen molar-refractivity contribution < 1.29 is 17.5 Å². The van der Waals surface area contributed by atoms with Crippen molar-refractivity contribution in [1.29, 1.82) is 0 Å². The summed E-state index contributed by atoms with van der Waals surface area (Å²) in [5, 5.41) is 8.24. The highest BCUT2D eigenvalue weighted by atomic mass is 32.2. The number of hydrogen-bond donors (Lipinski definition) is 1. The van der Waals surface area contributed by atoms with E-state index >= 15 is 0 Å². The number of ether oxygens (including phenoxy) is 1. The predicted octanol–water partition coefficient (Wildman–Crippen LogP) is 3.09. The van der Waals surface area contributed by atoms with Gasteiger partial charge in [-0.25, -0.2) is 4.39 Å².